The van der Waals surface area contributed by atoms with Gasteiger partial charge >= 0.3 is 5.97 Å². The van der Waals surface area contributed by atoms with Crippen LogP contribution < -0.4 is 4.72 Å². The number of aromatic nitrogens is 2. The summed E-state index contributed by atoms with van der Waals surface area (Å²) in [4.78, 5) is 14.8. The molecule has 19 heavy (non-hydrogen) atoms. The maximum atomic E-state index is 12.0. The second kappa shape index (κ2) is 6.92. The van der Waals surface area contributed by atoms with E-state index in [1.165, 1.54) is 24.3 Å². The lowest BCUT2D eigenvalue weighted by molar-refractivity contribution is -0.139. The van der Waals surface area contributed by atoms with E-state index < -0.39 is 22.0 Å². The maximum absolute atomic E-state index is 12.0. The first-order chi connectivity index (χ1) is 8.90. The van der Waals surface area contributed by atoms with Gasteiger partial charge in [-0.05, 0) is 25.4 Å². The number of sulfonamides is 1. The van der Waals surface area contributed by atoms with Gasteiger partial charge in [-0.2, -0.15) is 16.5 Å². The zero-order chi connectivity index (χ0) is 14.5. The smallest absolute Gasteiger partial charge is 0.321 e. The average Bonchev–Trinajstić information content (AvgIpc) is 2.83. The number of carbonyl (C=O) groups is 1. The van der Waals surface area contributed by atoms with Crippen LogP contribution in [0, 0.1) is 0 Å². The van der Waals surface area contributed by atoms with Crippen molar-refractivity contribution in [3.63, 3.8) is 0 Å². The number of carboxylic acids is 1. The van der Waals surface area contributed by atoms with Crippen LogP contribution in [0.5, 0.6) is 0 Å². The monoisotopic (exact) mass is 307 g/mol. The molecule has 0 aliphatic heterocycles. The van der Waals surface area contributed by atoms with Gasteiger partial charge in [0.15, 0.2) is 5.03 Å². The Bertz CT molecular complexity index is 527. The highest BCUT2D eigenvalue weighted by molar-refractivity contribution is 7.98. The summed E-state index contributed by atoms with van der Waals surface area (Å²) in [6.07, 6.45) is 4.82. The van der Waals surface area contributed by atoms with Gasteiger partial charge in [-0.15, -0.1) is 0 Å². The van der Waals surface area contributed by atoms with E-state index in [1.54, 1.807) is 4.57 Å². The highest BCUT2D eigenvalue weighted by atomic mass is 32.2. The van der Waals surface area contributed by atoms with Gasteiger partial charge in [-0.25, -0.2) is 13.4 Å². The Morgan fingerprint density at radius 2 is 2.32 bits per heavy atom. The number of aliphatic carboxylic acids is 1. The molecule has 7 nitrogen and oxygen atoms in total. The highest BCUT2D eigenvalue weighted by Crippen LogP contribution is 2.09. The van der Waals surface area contributed by atoms with Gasteiger partial charge in [0.25, 0.3) is 10.0 Å². The number of hydrogen-bond acceptors (Lipinski definition) is 5. The van der Waals surface area contributed by atoms with Gasteiger partial charge in [-0.3, -0.25) is 4.79 Å². The third kappa shape index (κ3) is 4.51. The summed E-state index contributed by atoms with van der Waals surface area (Å²) in [7, 11) is -3.90. The first-order valence-electron chi connectivity index (χ1n) is 5.66. The Kier molecular flexibility index (Phi) is 5.83. The van der Waals surface area contributed by atoms with Crippen LogP contribution in [-0.4, -0.2) is 47.1 Å². The molecule has 1 aromatic rings. The van der Waals surface area contributed by atoms with Crippen LogP contribution in [0.4, 0.5) is 0 Å². The van der Waals surface area contributed by atoms with Crippen LogP contribution in [0.1, 0.15) is 13.3 Å². The maximum Gasteiger partial charge on any atom is 0.321 e. The van der Waals surface area contributed by atoms with Gasteiger partial charge in [0.1, 0.15) is 6.04 Å². The predicted molar refractivity (Wildman–Crippen MR) is 72.6 cm³/mol. The minimum Gasteiger partial charge on any atom is -0.480 e. The molecule has 1 atom stereocenters. The number of rotatable bonds is 8. The molecule has 0 saturated carbocycles. The van der Waals surface area contributed by atoms with Crippen LogP contribution in [0.3, 0.4) is 0 Å². The van der Waals surface area contributed by atoms with Crippen molar-refractivity contribution in [2.24, 2.45) is 0 Å². The molecule has 1 unspecified atom stereocenters. The van der Waals surface area contributed by atoms with E-state index >= 15 is 0 Å². The molecule has 0 spiro atoms. The van der Waals surface area contributed by atoms with Gasteiger partial charge in [0, 0.05) is 12.7 Å². The molecule has 0 radical (unpaired) electrons. The van der Waals surface area contributed by atoms with Gasteiger partial charge < -0.3 is 9.67 Å². The van der Waals surface area contributed by atoms with Crippen LogP contribution in [0.15, 0.2) is 17.6 Å². The Hall–Kier alpha value is -1.06. The number of imidazole rings is 1. The normalized spacial score (nSPS) is 13.4. The summed E-state index contributed by atoms with van der Waals surface area (Å²) < 4.78 is 27.7. The lowest BCUT2D eigenvalue weighted by Crippen LogP contribution is -2.41. The van der Waals surface area contributed by atoms with Crippen molar-refractivity contribution in [3.05, 3.63) is 12.5 Å². The molecule has 0 aliphatic carbocycles. The molecule has 9 heteroatoms. The van der Waals surface area contributed by atoms with Crippen molar-refractivity contribution in [1.29, 1.82) is 0 Å². The van der Waals surface area contributed by atoms with Crippen molar-refractivity contribution in [3.8, 4) is 0 Å². The van der Waals surface area contributed by atoms with E-state index in [9.17, 15) is 13.2 Å². The fourth-order valence-corrected chi connectivity index (χ4v) is 3.01. The van der Waals surface area contributed by atoms with Gasteiger partial charge in [-0.1, -0.05) is 0 Å². The summed E-state index contributed by atoms with van der Waals surface area (Å²) in [5.41, 5.74) is 0. The Labute approximate surface area is 116 Å². The molecule has 1 aromatic heterocycles. The second-order valence-corrected chi connectivity index (χ2v) is 6.48. The van der Waals surface area contributed by atoms with Crippen LogP contribution in [-0.2, 0) is 21.4 Å². The second-order valence-electron chi connectivity index (χ2n) is 3.84. The molecule has 0 fully saturated rings. The molecule has 2 N–H and O–H groups in total. The van der Waals surface area contributed by atoms with Crippen molar-refractivity contribution in [2.75, 3.05) is 12.0 Å². The summed E-state index contributed by atoms with van der Waals surface area (Å²) in [5.74, 6) is -0.629. The quantitative estimate of drug-likeness (QED) is 0.720. The van der Waals surface area contributed by atoms with Crippen molar-refractivity contribution in [1.82, 2.24) is 14.3 Å². The lowest BCUT2D eigenvalue weighted by atomic mass is 10.2. The number of nitrogens with zero attached hydrogens (tertiary/aromatic N) is 2. The zero-order valence-corrected chi connectivity index (χ0v) is 12.4. The van der Waals surface area contributed by atoms with E-state index in [1.807, 2.05) is 13.2 Å². The average molecular weight is 307 g/mol. The largest absolute Gasteiger partial charge is 0.480 e. The summed E-state index contributed by atoms with van der Waals surface area (Å²) >= 11 is 1.46. The number of hydrogen-bond donors (Lipinski definition) is 2. The van der Waals surface area contributed by atoms with Gasteiger partial charge in [0.2, 0.25) is 0 Å². The standard InChI is InChI=1S/C10H17N3O4S2/c1-3-13-6-9(11-7-13)19(16,17)12-8(10(14)15)4-5-18-2/h6-8,12H,3-5H2,1-2H3,(H,14,15). The Morgan fingerprint density at radius 1 is 1.63 bits per heavy atom. The fraction of sp³-hybridized carbons (Fsp3) is 0.600. The van der Waals surface area contributed by atoms with Crippen molar-refractivity contribution < 1.29 is 18.3 Å². The zero-order valence-electron chi connectivity index (χ0n) is 10.7. The van der Waals surface area contributed by atoms with Crippen LogP contribution in [0.2, 0.25) is 0 Å². The molecular formula is C10H17N3O4S2. The molecule has 1 heterocycles. The summed E-state index contributed by atoms with van der Waals surface area (Å²) in [6.45, 7) is 2.45. The molecular weight excluding hydrogens is 290 g/mol. The van der Waals surface area contributed by atoms with E-state index in [-0.39, 0.29) is 11.4 Å². The van der Waals surface area contributed by atoms with Crippen LogP contribution in [0.25, 0.3) is 0 Å². The highest BCUT2D eigenvalue weighted by Gasteiger charge is 2.26. The molecule has 0 aromatic carbocycles. The van der Waals surface area contributed by atoms with E-state index in [4.69, 9.17) is 5.11 Å². The third-order valence-electron chi connectivity index (χ3n) is 2.46. The Balaban J connectivity index is 2.84. The van der Waals surface area contributed by atoms with E-state index in [0.29, 0.717) is 12.3 Å². The molecule has 1 rings (SSSR count). The minimum atomic E-state index is -3.90. The molecule has 0 bridgehead atoms. The van der Waals surface area contributed by atoms with E-state index in [2.05, 4.69) is 9.71 Å². The number of aryl methyl sites for hydroxylation is 1. The van der Waals surface area contributed by atoms with Crippen molar-refractivity contribution >= 4 is 27.8 Å². The van der Waals surface area contributed by atoms with Crippen LogP contribution >= 0.6 is 11.8 Å². The summed E-state index contributed by atoms with van der Waals surface area (Å²) in [6, 6.07) is -1.13. The molecule has 108 valence electrons. The SMILES string of the molecule is CCn1cnc(S(=O)(=O)NC(CCSC)C(=O)O)c1. The fourth-order valence-electron chi connectivity index (χ4n) is 1.37. The lowest BCUT2D eigenvalue weighted by Gasteiger charge is -2.12. The topological polar surface area (TPSA) is 101 Å². The number of carboxylic acid groups (broad SMARTS) is 1. The molecule has 0 saturated heterocycles. The number of thioether (sulfide) groups is 1. The molecule has 0 amide bonds. The minimum absolute atomic E-state index is 0.162. The molecule has 0 aliphatic rings. The number of nitrogens with one attached hydrogen (secondary N) is 1. The first kappa shape index (κ1) is 16.0. The Morgan fingerprint density at radius 3 is 2.79 bits per heavy atom. The third-order valence-corrected chi connectivity index (χ3v) is 4.46. The first-order valence-corrected chi connectivity index (χ1v) is 8.54. The predicted octanol–water partition coefficient (Wildman–Crippen LogP) is 0.388. The summed E-state index contributed by atoms with van der Waals surface area (Å²) in [5, 5.41) is 8.84. The van der Waals surface area contributed by atoms with Crippen molar-refractivity contribution in [2.45, 2.75) is 31.0 Å². The van der Waals surface area contributed by atoms with Gasteiger partial charge in [0.05, 0.1) is 6.33 Å². The van der Waals surface area contributed by atoms with E-state index in [0.717, 1.165) is 0 Å².